The van der Waals surface area contributed by atoms with Gasteiger partial charge in [0.05, 0.1) is 11.6 Å². The van der Waals surface area contributed by atoms with Gasteiger partial charge in [0.1, 0.15) is 0 Å². The van der Waals surface area contributed by atoms with Crippen LogP contribution in [-0.4, -0.2) is 25.3 Å². The molecular formula is C18H33NO. The molecule has 0 radical (unpaired) electrons. The van der Waals surface area contributed by atoms with Crippen LogP contribution in [0.2, 0.25) is 0 Å². The standard InChI is InChI=1S/C18H33NO/c1-4-19-17(16-9-7-5-6-8-10-16)18(20-3)13-11-15(2)12-14-18/h9,15,17,19H,4-8,10-14H2,1-3H3. The molecule has 2 nitrogen and oxygen atoms in total. The van der Waals surface area contributed by atoms with Crippen LogP contribution in [0, 0.1) is 5.92 Å². The van der Waals surface area contributed by atoms with Gasteiger partial charge >= 0.3 is 0 Å². The summed E-state index contributed by atoms with van der Waals surface area (Å²) in [6, 6.07) is 0.433. The van der Waals surface area contributed by atoms with Gasteiger partial charge in [0.25, 0.3) is 0 Å². The Kier molecular flexibility index (Phi) is 6.10. The van der Waals surface area contributed by atoms with E-state index >= 15 is 0 Å². The zero-order valence-corrected chi connectivity index (χ0v) is 13.7. The minimum Gasteiger partial charge on any atom is -0.376 e. The summed E-state index contributed by atoms with van der Waals surface area (Å²) in [5.74, 6) is 0.865. The van der Waals surface area contributed by atoms with Crippen LogP contribution in [0.25, 0.3) is 0 Å². The Morgan fingerprint density at radius 3 is 2.70 bits per heavy atom. The van der Waals surface area contributed by atoms with Crippen LogP contribution >= 0.6 is 0 Å². The predicted molar refractivity (Wildman–Crippen MR) is 86.0 cm³/mol. The number of likely N-dealkylation sites (N-methyl/N-ethyl adjacent to an activating group) is 1. The van der Waals surface area contributed by atoms with Crippen LogP contribution in [-0.2, 0) is 4.74 Å². The Labute approximate surface area is 125 Å². The molecule has 2 heteroatoms. The van der Waals surface area contributed by atoms with Crippen molar-refractivity contribution in [1.29, 1.82) is 0 Å². The lowest BCUT2D eigenvalue weighted by atomic mass is 9.72. The highest BCUT2D eigenvalue weighted by Crippen LogP contribution is 2.40. The number of allylic oxidation sites excluding steroid dienone is 1. The molecule has 0 aromatic rings. The van der Waals surface area contributed by atoms with E-state index in [4.69, 9.17) is 4.74 Å². The van der Waals surface area contributed by atoms with Gasteiger partial charge in [-0.1, -0.05) is 31.9 Å². The molecule has 0 amide bonds. The van der Waals surface area contributed by atoms with Crippen molar-refractivity contribution in [2.75, 3.05) is 13.7 Å². The third-order valence-electron chi connectivity index (χ3n) is 5.41. The summed E-state index contributed by atoms with van der Waals surface area (Å²) >= 11 is 0. The van der Waals surface area contributed by atoms with Crippen molar-refractivity contribution in [3.63, 3.8) is 0 Å². The average Bonchev–Trinajstić information content (AvgIpc) is 2.75. The number of hydrogen-bond donors (Lipinski definition) is 1. The fourth-order valence-corrected chi connectivity index (χ4v) is 4.02. The molecule has 1 saturated carbocycles. The van der Waals surface area contributed by atoms with Gasteiger partial charge in [-0.2, -0.15) is 0 Å². The molecule has 1 N–H and O–H groups in total. The first kappa shape index (κ1) is 16.0. The van der Waals surface area contributed by atoms with Gasteiger partial charge in [-0.25, -0.2) is 0 Å². The summed E-state index contributed by atoms with van der Waals surface area (Å²) in [6.07, 6.45) is 14.2. The third kappa shape index (κ3) is 3.65. The number of rotatable bonds is 5. The van der Waals surface area contributed by atoms with Crippen LogP contribution in [0.3, 0.4) is 0 Å². The quantitative estimate of drug-likeness (QED) is 0.751. The molecule has 0 aromatic carbocycles. The van der Waals surface area contributed by atoms with Crippen LogP contribution < -0.4 is 5.32 Å². The molecule has 2 aliphatic carbocycles. The van der Waals surface area contributed by atoms with Crippen LogP contribution in [0.4, 0.5) is 0 Å². The number of nitrogens with one attached hydrogen (secondary N) is 1. The zero-order valence-electron chi connectivity index (χ0n) is 13.7. The molecule has 0 saturated heterocycles. The highest BCUT2D eigenvalue weighted by molar-refractivity contribution is 5.19. The maximum absolute atomic E-state index is 6.13. The van der Waals surface area contributed by atoms with E-state index in [0.29, 0.717) is 6.04 Å². The van der Waals surface area contributed by atoms with E-state index in [9.17, 15) is 0 Å². The summed E-state index contributed by atoms with van der Waals surface area (Å²) in [7, 11) is 1.93. The van der Waals surface area contributed by atoms with Gasteiger partial charge in [0.15, 0.2) is 0 Å². The van der Waals surface area contributed by atoms with Crippen molar-refractivity contribution in [1.82, 2.24) is 5.32 Å². The van der Waals surface area contributed by atoms with Crippen molar-refractivity contribution in [2.24, 2.45) is 5.92 Å². The lowest BCUT2D eigenvalue weighted by Gasteiger charge is -2.45. The topological polar surface area (TPSA) is 21.3 Å². The molecule has 0 aliphatic heterocycles. The number of ether oxygens (including phenoxy) is 1. The molecule has 20 heavy (non-hydrogen) atoms. The van der Waals surface area contributed by atoms with Crippen molar-refractivity contribution >= 4 is 0 Å². The van der Waals surface area contributed by atoms with Crippen molar-refractivity contribution in [3.8, 4) is 0 Å². The molecule has 2 rings (SSSR count). The van der Waals surface area contributed by atoms with Crippen molar-refractivity contribution in [2.45, 2.75) is 83.3 Å². The highest BCUT2D eigenvalue weighted by atomic mass is 16.5. The summed E-state index contributed by atoms with van der Waals surface area (Å²) in [5.41, 5.74) is 1.67. The van der Waals surface area contributed by atoms with E-state index in [1.807, 2.05) is 7.11 Å². The molecule has 1 fully saturated rings. The van der Waals surface area contributed by atoms with E-state index in [1.54, 1.807) is 5.57 Å². The van der Waals surface area contributed by atoms with E-state index in [0.717, 1.165) is 12.5 Å². The Bertz CT molecular complexity index is 315. The molecule has 1 atom stereocenters. The summed E-state index contributed by atoms with van der Waals surface area (Å²) in [6.45, 7) is 5.63. The first-order valence-electron chi connectivity index (χ1n) is 8.69. The predicted octanol–water partition coefficient (Wildman–Crippen LogP) is 4.45. The summed E-state index contributed by atoms with van der Waals surface area (Å²) in [5, 5.41) is 3.76. The molecule has 0 spiro atoms. The molecule has 2 aliphatic rings. The second kappa shape index (κ2) is 7.61. The van der Waals surface area contributed by atoms with Gasteiger partial charge in [0, 0.05) is 7.11 Å². The first-order chi connectivity index (χ1) is 9.72. The first-order valence-corrected chi connectivity index (χ1v) is 8.69. The molecule has 0 aromatic heterocycles. The average molecular weight is 279 g/mol. The van der Waals surface area contributed by atoms with E-state index < -0.39 is 0 Å². The van der Waals surface area contributed by atoms with E-state index in [1.165, 1.54) is 57.8 Å². The van der Waals surface area contributed by atoms with Crippen LogP contribution in [0.15, 0.2) is 11.6 Å². The van der Waals surface area contributed by atoms with E-state index in [2.05, 4.69) is 25.2 Å². The Hall–Kier alpha value is -0.340. The third-order valence-corrected chi connectivity index (χ3v) is 5.41. The monoisotopic (exact) mass is 279 g/mol. The summed E-state index contributed by atoms with van der Waals surface area (Å²) < 4.78 is 6.13. The van der Waals surface area contributed by atoms with Crippen LogP contribution in [0.5, 0.6) is 0 Å². The van der Waals surface area contributed by atoms with Gasteiger partial charge in [-0.15, -0.1) is 0 Å². The van der Waals surface area contributed by atoms with Crippen molar-refractivity contribution < 1.29 is 4.74 Å². The molecule has 1 unspecified atom stereocenters. The van der Waals surface area contributed by atoms with Gasteiger partial charge in [-0.3, -0.25) is 0 Å². The second-order valence-electron chi connectivity index (χ2n) is 6.82. The molecular weight excluding hydrogens is 246 g/mol. The largest absolute Gasteiger partial charge is 0.376 e. The minimum atomic E-state index is 0.0404. The highest BCUT2D eigenvalue weighted by Gasteiger charge is 2.42. The molecule has 116 valence electrons. The van der Waals surface area contributed by atoms with Gasteiger partial charge < -0.3 is 10.1 Å². The molecule has 0 heterocycles. The van der Waals surface area contributed by atoms with Crippen LogP contribution in [0.1, 0.15) is 71.6 Å². The maximum atomic E-state index is 6.13. The van der Waals surface area contributed by atoms with E-state index in [-0.39, 0.29) is 5.60 Å². The Morgan fingerprint density at radius 2 is 2.05 bits per heavy atom. The number of methoxy groups -OCH3 is 1. The molecule has 0 bridgehead atoms. The van der Waals surface area contributed by atoms with Gasteiger partial charge in [0.2, 0.25) is 0 Å². The Balaban J connectivity index is 2.18. The number of hydrogen-bond acceptors (Lipinski definition) is 2. The Morgan fingerprint density at radius 1 is 1.30 bits per heavy atom. The fraction of sp³-hybridized carbons (Fsp3) is 0.889. The second-order valence-corrected chi connectivity index (χ2v) is 6.82. The minimum absolute atomic E-state index is 0.0404. The SMILES string of the molecule is CCNC(C1=CCCCCC1)C1(OC)CCC(C)CC1. The maximum Gasteiger partial charge on any atom is 0.0869 e. The normalized spacial score (nSPS) is 33.4. The fourth-order valence-electron chi connectivity index (χ4n) is 4.02. The smallest absolute Gasteiger partial charge is 0.0869 e. The lowest BCUT2D eigenvalue weighted by Crippen LogP contribution is -2.54. The summed E-state index contributed by atoms with van der Waals surface area (Å²) in [4.78, 5) is 0. The zero-order chi connectivity index (χ0) is 14.4. The van der Waals surface area contributed by atoms with Gasteiger partial charge in [-0.05, 0) is 63.8 Å². The lowest BCUT2D eigenvalue weighted by molar-refractivity contribution is -0.0665. The van der Waals surface area contributed by atoms with Crippen molar-refractivity contribution in [3.05, 3.63) is 11.6 Å².